The molecule has 0 aliphatic carbocycles. The van der Waals surface area contributed by atoms with Gasteiger partial charge >= 0.3 is 0 Å². The molecule has 0 aliphatic heterocycles. The molecule has 1 unspecified atom stereocenters. The average molecular weight is 351 g/mol. The second-order valence-corrected chi connectivity index (χ2v) is 7.03. The number of anilines is 1. The molecule has 0 saturated carbocycles. The molecule has 136 valence electrons. The summed E-state index contributed by atoms with van der Waals surface area (Å²) in [7, 11) is 0. The number of nitrogen functional groups attached to an aromatic ring is 1. The smallest absolute Gasteiger partial charge is 0.226 e. The number of hydrogen-bond acceptors (Lipinski definition) is 6. The van der Waals surface area contributed by atoms with E-state index < -0.39 is 0 Å². The number of nitrogens with zero attached hydrogens (tertiary/aromatic N) is 4. The molecule has 3 aromatic rings. The van der Waals surface area contributed by atoms with Crippen LogP contribution in [0.1, 0.15) is 51.4 Å². The van der Waals surface area contributed by atoms with Crippen LogP contribution in [0.15, 0.2) is 41.2 Å². The van der Waals surface area contributed by atoms with E-state index in [1.807, 2.05) is 0 Å². The lowest BCUT2D eigenvalue weighted by molar-refractivity contribution is 0.336. The maximum atomic E-state index is 5.56. The van der Waals surface area contributed by atoms with Gasteiger partial charge in [-0.15, -0.1) is 0 Å². The van der Waals surface area contributed by atoms with Crippen LogP contribution in [-0.4, -0.2) is 20.1 Å². The molecular formula is C20H25N5O. The Morgan fingerprint density at radius 2 is 1.73 bits per heavy atom. The van der Waals surface area contributed by atoms with E-state index in [1.54, 1.807) is 12.4 Å². The molecule has 1 atom stereocenters. The van der Waals surface area contributed by atoms with Crippen molar-refractivity contribution in [2.24, 2.45) is 5.92 Å². The molecule has 0 amide bonds. The van der Waals surface area contributed by atoms with Gasteiger partial charge in [0.05, 0.1) is 5.41 Å². The fraction of sp³-hybridized carbons (Fsp3) is 0.400. The Hall–Kier alpha value is -2.76. The normalized spacial score (nSPS) is 13.7. The Labute approximate surface area is 153 Å². The maximum absolute atomic E-state index is 5.56. The Morgan fingerprint density at radius 1 is 1.08 bits per heavy atom. The highest BCUT2D eigenvalue weighted by Gasteiger charge is 2.37. The van der Waals surface area contributed by atoms with Gasteiger partial charge in [-0.3, -0.25) is 0 Å². The summed E-state index contributed by atoms with van der Waals surface area (Å²) in [6, 6.07) is 8.36. The number of benzene rings is 1. The first-order valence-electron chi connectivity index (χ1n) is 8.96. The molecule has 0 saturated heterocycles. The molecule has 2 aromatic heterocycles. The van der Waals surface area contributed by atoms with Crippen LogP contribution in [0.25, 0.3) is 11.1 Å². The van der Waals surface area contributed by atoms with Gasteiger partial charge in [-0.25, -0.2) is 9.97 Å². The van der Waals surface area contributed by atoms with Crippen LogP contribution in [0.4, 0.5) is 5.95 Å². The molecule has 3 rings (SSSR count). The molecule has 0 fully saturated rings. The Balaban J connectivity index is 1.96. The predicted molar refractivity (Wildman–Crippen MR) is 101 cm³/mol. The van der Waals surface area contributed by atoms with Crippen molar-refractivity contribution >= 4 is 5.95 Å². The Morgan fingerprint density at radius 3 is 2.31 bits per heavy atom. The number of hydrogen-bond donors (Lipinski definition) is 1. The zero-order valence-electron chi connectivity index (χ0n) is 15.7. The van der Waals surface area contributed by atoms with Gasteiger partial charge in [-0.1, -0.05) is 50.2 Å². The summed E-state index contributed by atoms with van der Waals surface area (Å²) in [6.45, 7) is 8.62. The molecule has 26 heavy (non-hydrogen) atoms. The average Bonchev–Trinajstić information content (AvgIpc) is 3.11. The van der Waals surface area contributed by atoms with E-state index in [0.29, 0.717) is 11.8 Å². The van der Waals surface area contributed by atoms with E-state index in [4.69, 9.17) is 10.3 Å². The van der Waals surface area contributed by atoms with Crippen molar-refractivity contribution in [2.45, 2.75) is 46.0 Å². The molecule has 0 bridgehead atoms. The minimum Gasteiger partial charge on any atom is -0.368 e. The van der Waals surface area contributed by atoms with Gasteiger partial charge in [0.15, 0.2) is 5.82 Å². The maximum Gasteiger partial charge on any atom is 0.226 e. The summed E-state index contributed by atoms with van der Waals surface area (Å²) < 4.78 is 5.44. The summed E-state index contributed by atoms with van der Waals surface area (Å²) in [5.41, 5.74) is 8.36. The number of aromatic nitrogens is 4. The quantitative estimate of drug-likeness (QED) is 0.721. The van der Waals surface area contributed by atoms with E-state index in [9.17, 15) is 0 Å². The molecule has 0 radical (unpaired) electrons. The lowest BCUT2D eigenvalue weighted by Crippen LogP contribution is -2.31. The zero-order valence-corrected chi connectivity index (χ0v) is 15.7. The van der Waals surface area contributed by atoms with Gasteiger partial charge in [0.2, 0.25) is 11.8 Å². The van der Waals surface area contributed by atoms with Crippen molar-refractivity contribution in [3.63, 3.8) is 0 Å². The van der Waals surface area contributed by atoms with Crippen molar-refractivity contribution in [1.82, 2.24) is 20.1 Å². The summed E-state index contributed by atoms with van der Waals surface area (Å²) in [6.07, 6.45) is 5.25. The van der Waals surface area contributed by atoms with E-state index in [2.05, 4.69) is 72.1 Å². The molecule has 6 nitrogen and oxygen atoms in total. The highest BCUT2D eigenvalue weighted by Crippen LogP contribution is 2.38. The van der Waals surface area contributed by atoms with Crippen molar-refractivity contribution in [3.05, 3.63) is 53.9 Å². The van der Waals surface area contributed by atoms with Gasteiger partial charge in [-0.05, 0) is 30.4 Å². The topological polar surface area (TPSA) is 90.7 Å². The summed E-state index contributed by atoms with van der Waals surface area (Å²) in [5, 5.41) is 4.27. The zero-order chi connectivity index (χ0) is 18.7. The van der Waals surface area contributed by atoms with Gasteiger partial charge in [0, 0.05) is 24.4 Å². The molecular weight excluding hydrogens is 326 g/mol. The lowest BCUT2D eigenvalue weighted by Gasteiger charge is -2.31. The van der Waals surface area contributed by atoms with Crippen LogP contribution in [0.3, 0.4) is 0 Å². The fourth-order valence-electron chi connectivity index (χ4n) is 3.00. The summed E-state index contributed by atoms with van der Waals surface area (Å²) in [4.78, 5) is 12.8. The Kier molecular flexibility index (Phi) is 5.02. The molecule has 0 spiro atoms. The van der Waals surface area contributed by atoms with Crippen LogP contribution in [0.2, 0.25) is 0 Å². The van der Waals surface area contributed by atoms with Gasteiger partial charge in [0.25, 0.3) is 0 Å². The highest BCUT2D eigenvalue weighted by molar-refractivity contribution is 5.62. The molecule has 2 heterocycles. The summed E-state index contributed by atoms with van der Waals surface area (Å²) >= 11 is 0. The minimum absolute atomic E-state index is 0.276. The highest BCUT2D eigenvalue weighted by atomic mass is 16.5. The largest absolute Gasteiger partial charge is 0.368 e. The van der Waals surface area contributed by atoms with Crippen molar-refractivity contribution in [2.75, 3.05) is 5.73 Å². The number of rotatable bonds is 6. The number of nitrogens with two attached hydrogens (primary N) is 1. The summed E-state index contributed by atoms with van der Waals surface area (Å²) in [5.74, 6) is 2.02. The molecule has 1 aromatic carbocycles. The van der Waals surface area contributed by atoms with Gasteiger partial charge < -0.3 is 10.3 Å². The SMILES string of the molecule is CCCc1nc(C(C)(c2ccc(-c3cnc(N)nc3)cc2)C(C)C)no1. The molecule has 2 N–H and O–H groups in total. The third-order valence-electron chi connectivity index (χ3n) is 5.04. The van der Waals surface area contributed by atoms with E-state index in [-0.39, 0.29) is 11.4 Å². The fourth-order valence-corrected chi connectivity index (χ4v) is 3.00. The van der Waals surface area contributed by atoms with Crippen molar-refractivity contribution in [1.29, 1.82) is 0 Å². The first kappa shape index (κ1) is 18.0. The van der Waals surface area contributed by atoms with Crippen LogP contribution in [-0.2, 0) is 11.8 Å². The van der Waals surface area contributed by atoms with Crippen LogP contribution in [0, 0.1) is 5.92 Å². The van der Waals surface area contributed by atoms with Crippen LogP contribution in [0.5, 0.6) is 0 Å². The van der Waals surface area contributed by atoms with Crippen LogP contribution >= 0.6 is 0 Å². The standard InChI is InChI=1S/C20H25N5O/c1-5-6-17-24-18(25-26-17)20(4,13(2)3)16-9-7-14(8-10-16)15-11-22-19(21)23-12-15/h7-13H,5-6H2,1-4H3,(H2,21,22,23). The van der Waals surface area contributed by atoms with Gasteiger partial charge in [-0.2, -0.15) is 4.98 Å². The second kappa shape index (κ2) is 7.23. The third kappa shape index (κ3) is 3.31. The van der Waals surface area contributed by atoms with Crippen LogP contribution < -0.4 is 5.73 Å². The van der Waals surface area contributed by atoms with Crippen molar-refractivity contribution < 1.29 is 4.52 Å². The molecule has 0 aliphatic rings. The lowest BCUT2D eigenvalue weighted by atomic mass is 9.72. The first-order valence-corrected chi connectivity index (χ1v) is 8.96. The predicted octanol–water partition coefficient (Wildman–Crippen LogP) is 4.02. The Bertz CT molecular complexity index is 855. The minimum atomic E-state index is -0.328. The van der Waals surface area contributed by atoms with E-state index in [1.165, 1.54) is 0 Å². The third-order valence-corrected chi connectivity index (χ3v) is 5.04. The van der Waals surface area contributed by atoms with Gasteiger partial charge in [0.1, 0.15) is 0 Å². The monoisotopic (exact) mass is 351 g/mol. The second-order valence-electron chi connectivity index (χ2n) is 7.03. The number of aryl methyl sites for hydroxylation is 1. The molecule has 6 heteroatoms. The first-order chi connectivity index (χ1) is 12.4. The van der Waals surface area contributed by atoms with E-state index in [0.717, 1.165) is 35.4 Å². The van der Waals surface area contributed by atoms with Crippen molar-refractivity contribution in [3.8, 4) is 11.1 Å². The van der Waals surface area contributed by atoms with E-state index >= 15 is 0 Å².